The van der Waals surface area contributed by atoms with Crippen LogP contribution in [-0.4, -0.2) is 9.78 Å². The number of nitrogens with two attached hydrogens (primary N) is 1. The molecule has 2 aromatic rings. The average molecular weight is 243 g/mol. The van der Waals surface area contributed by atoms with Gasteiger partial charge in [0, 0.05) is 12.2 Å². The molecule has 1 aromatic carbocycles. The van der Waals surface area contributed by atoms with Crippen molar-refractivity contribution in [3.05, 3.63) is 47.8 Å². The average Bonchev–Trinajstić information content (AvgIpc) is 2.87. The second kappa shape index (κ2) is 5.36. The summed E-state index contributed by atoms with van der Waals surface area (Å²) in [4.78, 5) is 0. The second-order valence-electron chi connectivity index (χ2n) is 4.91. The molecule has 0 fully saturated rings. The van der Waals surface area contributed by atoms with Crippen LogP contribution in [0, 0.1) is 0 Å². The maximum Gasteiger partial charge on any atom is 0.0693 e. The zero-order valence-electron chi connectivity index (χ0n) is 11.3. The first-order chi connectivity index (χ1) is 8.63. The molecule has 1 atom stereocenters. The van der Waals surface area contributed by atoms with Crippen LogP contribution in [0.1, 0.15) is 50.4 Å². The van der Waals surface area contributed by atoms with E-state index in [1.807, 2.05) is 23.0 Å². The molecule has 0 radical (unpaired) electrons. The van der Waals surface area contributed by atoms with Crippen molar-refractivity contribution in [1.29, 1.82) is 0 Å². The predicted octanol–water partition coefficient (Wildman–Crippen LogP) is 3.41. The van der Waals surface area contributed by atoms with Crippen molar-refractivity contribution in [1.82, 2.24) is 9.78 Å². The van der Waals surface area contributed by atoms with E-state index in [-0.39, 0.29) is 6.04 Å². The van der Waals surface area contributed by atoms with Gasteiger partial charge in [-0.1, -0.05) is 39.0 Å². The lowest BCUT2D eigenvalue weighted by Crippen LogP contribution is -2.12. The number of nitrogens with zero attached hydrogens (tertiary/aromatic N) is 2. The van der Waals surface area contributed by atoms with Crippen LogP contribution in [0.3, 0.4) is 0 Å². The molecule has 0 amide bonds. The summed E-state index contributed by atoms with van der Waals surface area (Å²) >= 11 is 0. The number of para-hydroxylation sites is 1. The molecule has 1 unspecified atom stereocenters. The third kappa shape index (κ3) is 2.46. The topological polar surface area (TPSA) is 43.8 Å². The summed E-state index contributed by atoms with van der Waals surface area (Å²) < 4.78 is 1.93. The summed E-state index contributed by atoms with van der Waals surface area (Å²) in [6, 6.07) is 10.3. The van der Waals surface area contributed by atoms with Crippen LogP contribution in [0.4, 0.5) is 0 Å². The minimum Gasteiger partial charge on any atom is -0.324 e. The van der Waals surface area contributed by atoms with Gasteiger partial charge in [-0.05, 0) is 30.0 Å². The Bertz CT molecular complexity index is 514. The van der Waals surface area contributed by atoms with E-state index in [0.717, 1.165) is 23.4 Å². The molecule has 0 aliphatic rings. The smallest absolute Gasteiger partial charge is 0.0693 e. The van der Waals surface area contributed by atoms with Crippen molar-refractivity contribution in [2.24, 2.45) is 5.73 Å². The molecule has 2 N–H and O–H groups in total. The lowest BCUT2D eigenvalue weighted by molar-refractivity contribution is 0.682. The maximum atomic E-state index is 6.16. The molecule has 96 valence electrons. The summed E-state index contributed by atoms with van der Waals surface area (Å²) in [6.45, 7) is 6.40. The largest absolute Gasteiger partial charge is 0.324 e. The van der Waals surface area contributed by atoms with Crippen LogP contribution in [0.2, 0.25) is 0 Å². The Balaban J connectivity index is 2.43. The Labute approximate surface area is 109 Å². The molecule has 1 aromatic heterocycles. The fourth-order valence-corrected chi connectivity index (χ4v) is 2.01. The quantitative estimate of drug-likeness (QED) is 0.894. The zero-order valence-corrected chi connectivity index (χ0v) is 11.3. The van der Waals surface area contributed by atoms with E-state index in [4.69, 9.17) is 5.73 Å². The van der Waals surface area contributed by atoms with Crippen molar-refractivity contribution in [3.63, 3.8) is 0 Å². The fourth-order valence-electron chi connectivity index (χ4n) is 2.01. The van der Waals surface area contributed by atoms with Gasteiger partial charge in [0.25, 0.3) is 0 Å². The summed E-state index contributed by atoms with van der Waals surface area (Å²) in [5, 5.41) is 4.62. The lowest BCUT2D eigenvalue weighted by Gasteiger charge is -2.14. The standard InChI is InChI=1S/C15H21N3/c1-4-13(16)12-7-5-6-8-15(12)18-10-9-14(17-18)11(2)3/h5-11,13H,4,16H2,1-3H3. The van der Waals surface area contributed by atoms with Gasteiger partial charge in [0.15, 0.2) is 0 Å². The van der Waals surface area contributed by atoms with E-state index in [0.29, 0.717) is 5.92 Å². The third-order valence-electron chi connectivity index (χ3n) is 3.22. The number of rotatable bonds is 4. The summed E-state index contributed by atoms with van der Waals surface area (Å²) in [5.41, 5.74) is 9.50. The summed E-state index contributed by atoms with van der Waals surface area (Å²) in [6.07, 6.45) is 2.94. The van der Waals surface area contributed by atoms with E-state index in [1.54, 1.807) is 0 Å². The number of hydrogen-bond donors (Lipinski definition) is 1. The van der Waals surface area contributed by atoms with Crippen LogP contribution >= 0.6 is 0 Å². The van der Waals surface area contributed by atoms with Gasteiger partial charge in [-0.25, -0.2) is 4.68 Å². The van der Waals surface area contributed by atoms with Crippen molar-refractivity contribution in [3.8, 4) is 5.69 Å². The van der Waals surface area contributed by atoms with Crippen LogP contribution in [0.25, 0.3) is 5.69 Å². The molecule has 18 heavy (non-hydrogen) atoms. The predicted molar refractivity (Wildman–Crippen MR) is 74.9 cm³/mol. The molecule has 0 aliphatic heterocycles. The highest BCUT2D eigenvalue weighted by molar-refractivity contribution is 5.42. The van der Waals surface area contributed by atoms with Crippen LogP contribution in [0.5, 0.6) is 0 Å². The van der Waals surface area contributed by atoms with Gasteiger partial charge in [-0.15, -0.1) is 0 Å². The van der Waals surface area contributed by atoms with Gasteiger partial charge < -0.3 is 5.73 Å². The third-order valence-corrected chi connectivity index (χ3v) is 3.22. The minimum absolute atomic E-state index is 0.0629. The normalized spacial score (nSPS) is 12.9. The molecule has 0 aliphatic carbocycles. The van der Waals surface area contributed by atoms with Crippen molar-refractivity contribution in [2.75, 3.05) is 0 Å². The highest BCUT2D eigenvalue weighted by Gasteiger charge is 2.12. The summed E-state index contributed by atoms with van der Waals surface area (Å²) in [5.74, 6) is 0.443. The molecular weight excluding hydrogens is 222 g/mol. The maximum absolute atomic E-state index is 6.16. The van der Waals surface area contributed by atoms with Gasteiger partial charge in [0.2, 0.25) is 0 Å². The SMILES string of the molecule is CCC(N)c1ccccc1-n1ccc(C(C)C)n1. The number of aromatic nitrogens is 2. The van der Waals surface area contributed by atoms with E-state index in [2.05, 4.69) is 44.1 Å². The highest BCUT2D eigenvalue weighted by Crippen LogP contribution is 2.22. The Kier molecular flexibility index (Phi) is 3.82. The Morgan fingerprint density at radius 2 is 1.94 bits per heavy atom. The first-order valence-corrected chi connectivity index (χ1v) is 6.54. The van der Waals surface area contributed by atoms with Crippen molar-refractivity contribution in [2.45, 2.75) is 39.2 Å². The molecule has 0 spiro atoms. The monoisotopic (exact) mass is 243 g/mol. The number of hydrogen-bond acceptors (Lipinski definition) is 2. The van der Waals surface area contributed by atoms with E-state index < -0.39 is 0 Å². The van der Waals surface area contributed by atoms with Gasteiger partial charge in [-0.3, -0.25) is 0 Å². The van der Waals surface area contributed by atoms with E-state index in [1.165, 1.54) is 0 Å². The van der Waals surface area contributed by atoms with Crippen LogP contribution in [-0.2, 0) is 0 Å². The Morgan fingerprint density at radius 1 is 1.22 bits per heavy atom. The molecule has 3 nitrogen and oxygen atoms in total. The molecule has 0 bridgehead atoms. The van der Waals surface area contributed by atoms with Crippen molar-refractivity contribution < 1.29 is 0 Å². The molecule has 3 heteroatoms. The first-order valence-electron chi connectivity index (χ1n) is 6.54. The van der Waals surface area contributed by atoms with E-state index >= 15 is 0 Å². The van der Waals surface area contributed by atoms with E-state index in [9.17, 15) is 0 Å². The Morgan fingerprint density at radius 3 is 2.56 bits per heavy atom. The molecule has 1 heterocycles. The zero-order chi connectivity index (χ0) is 13.1. The molecule has 2 rings (SSSR count). The van der Waals surface area contributed by atoms with Gasteiger partial charge in [-0.2, -0.15) is 5.10 Å². The molecule has 0 saturated carbocycles. The van der Waals surface area contributed by atoms with Gasteiger partial charge >= 0.3 is 0 Å². The van der Waals surface area contributed by atoms with Crippen molar-refractivity contribution >= 4 is 0 Å². The fraction of sp³-hybridized carbons (Fsp3) is 0.400. The summed E-state index contributed by atoms with van der Waals surface area (Å²) in [7, 11) is 0. The van der Waals surface area contributed by atoms with Gasteiger partial charge in [0.05, 0.1) is 11.4 Å². The van der Waals surface area contributed by atoms with Crippen LogP contribution in [0.15, 0.2) is 36.5 Å². The lowest BCUT2D eigenvalue weighted by atomic mass is 10.0. The second-order valence-corrected chi connectivity index (χ2v) is 4.91. The Hall–Kier alpha value is -1.61. The van der Waals surface area contributed by atoms with Crippen LogP contribution < -0.4 is 5.73 Å². The number of benzene rings is 1. The van der Waals surface area contributed by atoms with Gasteiger partial charge in [0.1, 0.15) is 0 Å². The highest BCUT2D eigenvalue weighted by atomic mass is 15.3. The molecular formula is C15H21N3. The first kappa shape index (κ1) is 12.8. The minimum atomic E-state index is 0.0629. The molecule has 0 saturated heterocycles.